The van der Waals surface area contributed by atoms with Gasteiger partial charge >= 0.3 is 0 Å². The Morgan fingerprint density at radius 1 is 0.600 bits per heavy atom. The van der Waals surface area contributed by atoms with E-state index in [0.717, 1.165) is 24.0 Å². The quantitative estimate of drug-likeness (QED) is 0.237. The molecule has 0 saturated carbocycles. The maximum absolute atomic E-state index is 13.3. The van der Waals surface area contributed by atoms with Crippen LogP contribution in [0, 0.1) is 0 Å². The highest BCUT2D eigenvalue weighted by Gasteiger charge is 2.35. The van der Waals surface area contributed by atoms with Gasteiger partial charge in [0.05, 0.1) is 12.8 Å². The normalized spacial score (nSPS) is 16.9. The number of carbonyl (C=O) groups is 5. The number of likely N-dealkylation sites (tertiary alicyclic amines) is 2. The Hall–Kier alpha value is -5.77. The van der Waals surface area contributed by atoms with Gasteiger partial charge in [-0.05, 0) is 85.3 Å². The van der Waals surface area contributed by atoms with E-state index in [1.165, 1.54) is 4.90 Å². The molecule has 2 aliphatic heterocycles. The molecule has 0 radical (unpaired) electrons. The summed E-state index contributed by atoms with van der Waals surface area (Å²) in [6.45, 7) is 1.10. The Balaban J connectivity index is 1.01. The molecular formula is C40H41N5O5. The van der Waals surface area contributed by atoms with Crippen molar-refractivity contribution in [3.63, 3.8) is 0 Å². The average Bonchev–Trinajstić information content (AvgIpc) is 3.84. The van der Waals surface area contributed by atoms with E-state index in [4.69, 9.17) is 0 Å². The molecule has 5 amide bonds. The highest BCUT2D eigenvalue weighted by atomic mass is 16.2. The molecule has 2 atom stereocenters. The van der Waals surface area contributed by atoms with E-state index in [1.807, 2.05) is 60.7 Å². The number of hydrogen-bond donors (Lipinski definition) is 2. The van der Waals surface area contributed by atoms with Gasteiger partial charge in [0, 0.05) is 42.8 Å². The molecule has 4 aromatic carbocycles. The highest BCUT2D eigenvalue weighted by molar-refractivity contribution is 6.06. The lowest BCUT2D eigenvalue weighted by atomic mass is 10.1. The minimum atomic E-state index is -0.536. The van der Waals surface area contributed by atoms with E-state index in [-0.39, 0.29) is 42.4 Å². The van der Waals surface area contributed by atoms with Gasteiger partial charge in [-0.25, -0.2) is 0 Å². The van der Waals surface area contributed by atoms with Crippen LogP contribution in [-0.2, 0) is 32.0 Å². The zero-order valence-electron chi connectivity index (χ0n) is 28.1. The molecule has 2 aliphatic rings. The summed E-state index contributed by atoms with van der Waals surface area (Å²) in [4.78, 5) is 70.4. The fourth-order valence-electron chi connectivity index (χ4n) is 6.65. The van der Waals surface area contributed by atoms with Crippen molar-refractivity contribution in [3.05, 3.63) is 126 Å². The van der Waals surface area contributed by atoms with Gasteiger partial charge in [-0.3, -0.25) is 24.0 Å². The predicted molar refractivity (Wildman–Crippen MR) is 193 cm³/mol. The lowest BCUT2D eigenvalue weighted by Crippen LogP contribution is -2.43. The van der Waals surface area contributed by atoms with Crippen molar-refractivity contribution < 1.29 is 24.0 Å². The molecule has 0 aliphatic carbocycles. The van der Waals surface area contributed by atoms with Crippen LogP contribution in [0.4, 0.5) is 17.1 Å². The summed E-state index contributed by atoms with van der Waals surface area (Å²) in [7, 11) is 1.67. The van der Waals surface area contributed by atoms with Crippen LogP contribution in [0.25, 0.3) is 0 Å². The first-order chi connectivity index (χ1) is 24.3. The van der Waals surface area contributed by atoms with Crippen molar-refractivity contribution in [1.29, 1.82) is 0 Å². The zero-order chi connectivity index (χ0) is 35.0. The molecule has 4 aromatic rings. The van der Waals surface area contributed by atoms with Crippen LogP contribution < -0.4 is 15.5 Å². The zero-order valence-corrected chi connectivity index (χ0v) is 28.1. The molecule has 0 unspecified atom stereocenters. The van der Waals surface area contributed by atoms with Gasteiger partial charge in [0.15, 0.2) is 0 Å². The topological polar surface area (TPSA) is 119 Å². The summed E-state index contributed by atoms with van der Waals surface area (Å²) < 4.78 is 0. The summed E-state index contributed by atoms with van der Waals surface area (Å²) in [6, 6.07) is 31.6. The number of nitrogens with one attached hydrogen (secondary N) is 2. The number of carbonyl (C=O) groups excluding carboxylic acids is 5. The van der Waals surface area contributed by atoms with E-state index in [9.17, 15) is 24.0 Å². The molecule has 0 spiro atoms. The van der Waals surface area contributed by atoms with Crippen LogP contribution in [0.1, 0.15) is 47.2 Å². The SMILES string of the molecule is CN(C(=O)c1ccc(NC(=O)[C@@H]2CCCN2C(=O)Cc2ccccc2)cc1)c1ccc(NC(=O)[C@@H]2CCCN2C(=O)Cc2ccccc2)cc1. The maximum Gasteiger partial charge on any atom is 0.258 e. The molecular weight excluding hydrogens is 630 g/mol. The van der Waals surface area contributed by atoms with Gasteiger partial charge in [-0.15, -0.1) is 0 Å². The Morgan fingerprint density at radius 2 is 1.02 bits per heavy atom. The fraction of sp³-hybridized carbons (Fsp3) is 0.275. The van der Waals surface area contributed by atoms with Crippen LogP contribution in [0.5, 0.6) is 0 Å². The lowest BCUT2D eigenvalue weighted by molar-refractivity contribution is -0.136. The smallest absolute Gasteiger partial charge is 0.258 e. The maximum atomic E-state index is 13.3. The van der Waals surface area contributed by atoms with Crippen LogP contribution in [0.15, 0.2) is 109 Å². The number of anilines is 3. The van der Waals surface area contributed by atoms with Gasteiger partial charge in [-0.2, -0.15) is 0 Å². The number of nitrogens with zero attached hydrogens (tertiary/aromatic N) is 3. The van der Waals surface area contributed by atoms with Crippen molar-refractivity contribution in [2.75, 3.05) is 35.7 Å². The van der Waals surface area contributed by atoms with Crippen molar-refractivity contribution in [2.24, 2.45) is 0 Å². The Kier molecular flexibility index (Phi) is 10.7. The molecule has 2 fully saturated rings. The largest absolute Gasteiger partial charge is 0.330 e. The van der Waals surface area contributed by atoms with Crippen molar-refractivity contribution >= 4 is 46.6 Å². The minimum absolute atomic E-state index is 0.0637. The van der Waals surface area contributed by atoms with Gasteiger partial charge in [0.25, 0.3) is 5.91 Å². The standard InChI is InChI=1S/C40H41N5O5/c1-43(33-22-20-32(21-23-33)42-39(49)35-15-9-25-45(35)37(47)27-29-12-6-3-7-13-29)40(50)30-16-18-31(19-17-30)41-38(48)34-14-8-24-44(34)36(46)26-28-10-4-2-5-11-28/h2-7,10-13,16-23,34-35H,8-9,14-15,24-27H2,1H3,(H,41,48)(H,42,49)/t34-,35-/m0/s1. The number of rotatable bonds is 10. The molecule has 2 N–H and O–H groups in total. The Bertz CT molecular complexity index is 1830. The number of amides is 5. The molecule has 0 aromatic heterocycles. The molecule has 2 saturated heterocycles. The summed E-state index contributed by atoms with van der Waals surface area (Å²) in [5.41, 5.74) is 4.01. The summed E-state index contributed by atoms with van der Waals surface area (Å²) in [5, 5.41) is 5.84. The molecule has 2 heterocycles. The van der Waals surface area contributed by atoms with Crippen LogP contribution in [0.3, 0.4) is 0 Å². The predicted octanol–water partition coefficient (Wildman–Crippen LogP) is 5.31. The third-order valence-corrected chi connectivity index (χ3v) is 9.37. The van der Waals surface area contributed by atoms with Crippen LogP contribution >= 0.6 is 0 Å². The molecule has 256 valence electrons. The Labute approximate surface area is 292 Å². The molecule has 10 heteroatoms. The van der Waals surface area contributed by atoms with Gasteiger partial charge in [-0.1, -0.05) is 60.7 Å². The van der Waals surface area contributed by atoms with E-state index >= 15 is 0 Å². The monoisotopic (exact) mass is 671 g/mol. The van der Waals surface area contributed by atoms with E-state index < -0.39 is 12.1 Å². The summed E-state index contributed by atoms with van der Waals surface area (Å²) in [5.74, 6) is -0.850. The van der Waals surface area contributed by atoms with Crippen LogP contribution in [0.2, 0.25) is 0 Å². The van der Waals surface area contributed by atoms with E-state index in [2.05, 4.69) is 10.6 Å². The summed E-state index contributed by atoms with van der Waals surface area (Å²) in [6.07, 6.45) is 3.26. The number of benzene rings is 4. The lowest BCUT2D eigenvalue weighted by Gasteiger charge is -2.24. The van der Waals surface area contributed by atoms with Crippen molar-refractivity contribution in [1.82, 2.24) is 9.80 Å². The van der Waals surface area contributed by atoms with E-state index in [1.54, 1.807) is 65.4 Å². The third kappa shape index (κ3) is 8.08. The fourth-order valence-corrected chi connectivity index (χ4v) is 6.65. The number of hydrogen-bond acceptors (Lipinski definition) is 5. The summed E-state index contributed by atoms with van der Waals surface area (Å²) >= 11 is 0. The van der Waals surface area contributed by atoms with Crippen LogP contribution in [-0.4, -0.2) is 71.6 Å². The second-order valence-electron chi connectivity index (χ2n) is 12.8. The molecule has 0 bridgehead atoms. The van der Waals surface area contributed by atoms with Crippen molar-refractivity contribution in [2.45, 2.75) is 50.6 Å². The average molecular weight is 672 g/mol. The first-order valence-corrected chi connectivity index (χ1v) is 17.0. The first kappa shape index (κ1) is 34.1. The van der Waals surface area contributed by atoms with Gasteiger partial charge in [0.2, 0.25) is 23.6 Å². The molecule has 6 rings (SSSR count). The molecule has 10 nitrogen and oxygen atoms in total. The highest BCUT2D eigenvalue weighted by Crippen LogP contribution is 2.24. The molecule has 50 heavy (non-hydrogen) atoms. The first-order valence-electron chi connectivity index (χ1n) is 17.0. The van der Waals surface area contributed by atoms with E-state index in [0.29, 0.717) is 48.6 Å². The van der Waals surface area contributed by atoms with Gasteiger partial charge in [0.1, 0.15) is 12.1 Å². The van der Waals surface area contributed by atoms with Crippen molar-refractivity contribution in [3.8, 4) is 0 Å². The minimum Gasteiger partial charge on any atom is -0.330 e. The second kappa shape index (κ2) is 15.6. The second-order valence-corrected chi connectivity index (χ2v) is 12.8. The Morgan fingerprint density at radius 3 is 1.46 bits per heavy atom. The van der Waals surface area contributed by atoms with Gasteiger partial charge < -0.3 is 25.3 Å². The third-order valence-electron chi connectivity index (χ3n) is 9.37.